The first kappa shape index (κ1) is 23.7. The Hall–Kier alpha value is -4.08. The molecule has 2 aliphatic rings. The molecule has 1 saturated heterocycles. The number of halogens is 1. The molecule has 188 valence electrons. The van der Waals surface area contributed by atoms with Crippen molar-refractivity contribution in [3.8, 4) is 17.0 Å². The van der Waals surface area contributed by atoms with E-state index in [4.69, 9.17) is 4.74 Å². The van der Waals surface area contributed by atoms with Gasteiger partial charge in [0.15, 0.2) is 0 Å². The number of carbonyl (C=O) groups excluding carboxylic acids is 1. The van der Waals surface area contributed by atoms with Crippen LogP contribution in [0, 0.1) is 12.7 Å². The number of likely N-dealkylation sites (tertiary alicyclic amines) is 1. The van der Waals surface area contributed by atoms with Crippen molar-refractivity contribution >= 4 is 23.4 Å². The molecule has 9 nitrogen and oxygen atoms in total. The Kier molecular flexibility index (Phi) is 6.49. The number of piperidine rings is 1. The van der Waals surface area contributed by atoms with Gasteiger partial charge < -0.3 is 30.4 Å². The molecule has 10 heteroatoms. The molecule has 4 N–H and O–H groups in total. The molecule has 1 fully saturated rings. The van der Waals surface area contributed by atoms with Crippen molar-refractivity contribution in [3.05, 3.63) is 59.3 Å². The first-order valence-corrected chi connectivity index (χ1v) is 12.1. The van der Waals surface area contributed by atoms with Crippen molar-refractivity contribution in [2.45, 2.75) is 38.6 Å². The van der Waals surface area contributed by atoms with Crippen LogP contribution in [-0.4, -0.2) is 57.7 Å². The summed E-state index contributed by atoms with van der Waals surface area (Å²) < 4.78 is 20.4. The number of hydrogen-bond donors (Lipinski definition) is 4. The quantitative estimate of drug-likeness (QED) is 0.402. The number of nitrogens with one attached hydrogen (secondary N) is 3. The second-order valence-corrected chi connectivity index (χ2v) is 9.08. The summed E-state index contributed by atoms with van der Waals surface area (Å²) in [4.78, 5) is 33.5. The largest absolute Gasteiger partial charge is 0.489 e. The van der Waals surface area contributed by atoms with Crippen molar-refractivity contribution in [2.24, 2.45) is 0 Å². The number of aromatic nitrogens is 2. The van der Waals surface area contributed by atoms with Crippen LogP contribution in [0.4, 0.5) is 20.6 Å². The number of aromatic amines is 1. The number of nitrogens with zero attached hydrogens (tertiary/aromatic N) is 2. The lowest BCUT2D eigenvalue weighted by atomic mass is 10.0. The lowest BCUT2D eigenvalue weighted by molar-refractivity contribution is 0.0837. The fraction of sp³-hybridized carbons (Fsp3) is 0.346. The number of carbonyl (C=O) groups is 2. The lowest BCUT2D eigenvalue weighted by Gasteiger charge is -2.33. The Balaban J connectivity index is 1.52. The summed E-state index contributed by atoms with van der Waals surface area (Å²) in [6.07, 6.45) is 5.39. The molecule has 4 heterocycles. The van der Waals surface area contributed by atoms with Crippen molar-refractivity contribution in [2.75, 3.05) is 25.0 Å². The van der Waals surface area contributed by atoms with E-state index < -0.39 is 6.09 Å². The second-order valence-electron chi connectivity index (χ2n) is 9.08. The summed E-state index contributed by atoms with van der Waals surface area (Å²) in [5.41, 5.74) is 4.05. The molecular weight excluding hydrogens is 465 g/mol. The van der Waals surface area contributed by atoms with Crippen LogP contribution in [0.5, 0.6) is 5.75 Å². The van der Waals surface area contributed by atoms with Crippen molar-refractivity contribution in [3.63, 3.8) is 0 Å². The van der Waals surface area contributed by atoms with E-state index in [9.17, 15) is 19.1 Å². The van der Waals surface area contributed by atoms with Crippen LogP contribution in [0.1, 0.15) is 40.9 Å². The standard InChI is InChI=1S/C26H28FN5O4/c1-15-18(27)6-4-7-19(15)30-24-22-20(9-11-29-25(22)33)31-23(24)17-8-10-28-13-21(17)36-14-16-5-2-3-12-32(16)26(34)35/h4,6-8,10,13,16,30-31H,2-3,5,9,11-12,14H2,1H3,(H,29,33)(H,34,35)/t16-/m1/s1. The summed E-state index contributed by atoms with van der Waals surface area (Å²) in [5, 5.41) is 15.7. The van der Waals surface area contributed by atoms with Gasteiger partial charge in [-0.15, -0.1) is 0 Å². The van der Waals surface area contributed by atoms with E-state index in [2.05, 4.69) is 20.6 Å². The Morgan fingerprint density at radius 1 is 1.33 bits per heavy atom. The number of fused-ring (bicyclic) bond motifs is 1. The molecule has 0 unspecified atom stereocenters. The number of amides is 2. The van der Waals surface area contributed by atoms with Gasteiger partial charge in [0.25, 0.3) is 5.91 Å². The Labute approximate surface area is 207 Å². The van der Waals surface area contributed by atoms with E-state index in [1.54, 1.807) is 37.5 Å². The van der Waals surface area contributed by atoms with Crippen LogP contribution in [-0.2, 0) is 6.42 Å². The van der Waals surface area contributed by atoms with Gasteiger partial charge in [-0.3, -0.25) is 9.78 Å². The summed E-state index contributed by atoms with van der Waals surface area (Å²) in [7, 11) is 0. The number of anilines is 2. The van der Waals surface area contributed by atoms with Gasteiger partial charge in [0.2, 0.25) is 0 Å². The number of pyridine rings is 1. The smallest absolute Gasteiger partial charge is 0.407 e. The maximum Gasteiger partial charge on any atom is 0.407 e. The van der Waals surface area contributed by atoms with E-state index in [1.165, 1.54) is 11.0 Å². The molecule has 3 aromatic rings. The molecular formula is C26H28FN5O4. The predicted octanol–water partition coefficient (Wildman–Crippen LogP) is 4.47. The molecule has 1 aromatic carbocycles. The third kappa shape index (κ3) is 4.46. The van der Waals surface area contributed by atoms with Crippen LogP contribution in [0.3, 0.4) is 0 Å². The maximum absolute atomic E-state index is 14.3. The summed E-state index contributed by atoms with van der Waals surface area (Å²) in [5.74, 6) is -0.101. The zero-order valence-electron chi connectivity index (χ0n) is 19.9. The zero-order chi connectivity index (χ0) is 25.2. The van der Waals surface area contributed by atoms with Crippen LogP contribution in [0.15, 0.2) is 36.7 Å². The van der Waals surface area contributed by atoms with Gasteiger partial charge >= 0.3 is 6.09 Å². The topological polar surface area (TPSA) is 120 Å². The Morgan fingerprint density at radius 2 is 2.19 bits per heavy atom. The zero-order valence-corrected chi connectivity index (χ0v) is 19.9. The molecule has 36 heavy (non-hydrogen) atoms. The fourth-order valence-corrected chi connectivity index (χ4v) is 4.90. The highest BCUT2D eigenvalue weighted by Gasteiger charge is 2.30. The van der Waals surface area contributed by atoms with E-state index in [1.807, 2.05) is 0 Å². The Morgan fingerprint density at radius 3 is 3.03 bits per heavy atom. The van der Waals surface area contributed by atoms with Crippen LogP contribution < -0.4 is 15.4 Å². The number of rotatable bonds is 6. The average Bonchev–Trinajstić information content (AvgIpc) is 3.25. The van der Waals surface area contributed by atoms with E-state index in [0.29, 0.717) is 59.0 Å². The number of benzene rings is 1. The number of ether oxygens (including phenoxy) is 1. The van der Waals surface area contributed by atoms with E-state index >= 15 is 0 Å². The SMILES string of the molecule is Cc1c(F)cccc1Nc1c(-c2ccncc2OC[C@H]2CCCCN2C(=O)O)[nH]c2c1C(=O)NCC2. The van der Waals surface area contributed by atoms with Crippen molar-refractivity contribution in [1.82, 2.24) is 20.2 Å². The van der Waals surface area contributed by atoms with Gasteiger partial charge in [-0.1, -0.05) is 6.07 Å². The molecule has 2 aromatic heterocycles. The van der Waals surface area contributed by atoms with Gasteiger partial charge in [0, 0.05) is 48.2 Å². The molecule has 5 rings (SSSR count). The van der Waals surface area contributed by atoms with Gasteiger partial charge in [-0.25, -0.2) is 9.18 Å². The minimum atomic E-state index is -0.949. The van der Waals surface area contributed by atoms with E-state index in [-0.39, 0.29) is 24.4 Å². The van der Waals surface area contributed by atoms with Gasteiger partial charge in [0.05, 0.1) is 29.2 Å². The number of hydrogen-bond acceptors (Lipinski definition) is 5. The van der Waals surface area contributed by atoms with Gasteiger partial charge in [-0.05, 0) is 44.4 Å². The minimum Gasteiger partial charge on any atom is -0.489 e. The van der Waals surface area contributed by atoms with Crippen LogP contribution in [0.25, 0.3) is 11.3 Å². The molecule has 0 bridgehead atoms. The Bertz CT molecular complexity index is 1310. The summed E-state index contributed by atoms with van der Waals surface area (Å²) >= 11 is 0. The average molecular weight is 494 g/mol. The highest BCUT2D eigenvalue weighted by atomic mass is 19.1. The maximum atomic E-state index is 14.3. The summed E-state index contributed by atoms with van der Waals surface area (Å²) in [6.45, 7) is 2.87. The molecule has 2 amide bonds. The normalized spacial score (nSPS) is 17.3. The molecule has 0 aliphatic carbocycles. The number of H-pyrrole nitrogens is 1. The van der Waals surface area contributed by atoms with Crippen LogP contribution >= 0.6 is 0 Å². The molecule has 1 atom stereocenters. The third-order valence-electron chi connectivity index (χ3n) is 6.85. The second kappa shape index (κ2) is 9.88. The minimum absolute atomic E-state index is 0.192. The molecule has 0 radical (unpaired) electrons. The monoisotopic (exact) mass is 493 g/mol. The molecule has 0 spiro atoms. The molecule has 2 aliphatic heterocycles. The van der Waals surface area contributed by atoms with Crippen LogP contribution in [0.2, 0.25) is 0 Å². The lowest BCUT2D eigenvalue weighted by Crippen LogP contribution is -2.46. The first-order chi connectivity index (χ1) is 17.4. The van der Waals surface area contributed by atoms with E-state index in [0.717, 1.165) is 25.0 Å². The van der Waals surface area contributed by atoms with Gasteiger partial charge in [-0.2, -0.15) is 0 Å². The summed E-state index contributed by atoms with van der Waals surface area (Å²) in [6, 6.07) is 6.30. The van der Waals surface area contributed by atoms with Gasteiger partial charge in [0.1, 0.15) is 18.2 Å². The highest BCUT2D eigenvalue weighted by Crippen LogP contribution is 2.41. The molecule has 0 saturated carbocycles. The fourth-order valence-electron chi connectivity index (χ4n) is 4.90. The third-order valence-corrected chi connectivity index (χ3v) is 6.85. The number of carboxylic acid groups (broad SMARTS) is 1. The first-order valence-electron chi connectivity index (χ1n) is 12.1. The van der Waals surface area contributed by atoms with Crippen molar-refractivity contribution < 1.29 is 23.8 Å². The predicted molar refractivity (Wildman–Crippen MR) is 132 cm³/mol. The highest BCUT2D eigenvalue weighted by molar-refractivity contribution is 6.06. The van der Waals surface area contributed by atoms with Crippen molar-refractivity contribution in [1.29, 1.82) is 0 Å².